The molecule has 0 atom stereocenters. The minimum absolute atomic E-state index is 0.188. The molecule has 1 heterocycles. The highest BCUT2D eigenvalue weighted by atomic mass is 19.1. The van der Waals surface area contributed by atoms with Gasteiger partial charge >= 0.3 is 0 Å². The molecule has 0 amide bonds. The van der Waals surface area contributed by atoms with E-state index >= 15 is 0 Å². The number of aromatic nitrogens is 2. The Bertz CT molecular complexity index is 579. The van der Waals surface area contributed by atoms with Crippen LogP contribution in [0.25, 0.3) is 11.1 Å². The number of nitrogens with two attached hydrogens (primary N) is 1. The molecule has 0 aliphatic rings. The predicted molar refractivity (Wildman–Crippen MR) is 71.7 cm³/mol. The van der Waals surface area contributed by atoms with Crippen LogP contribution in [0.15, 0.2) is 24.3 Å². The zero-order valence-electron chi connectivity index (χ0n) is 11.2. The molecule has 1 aromatic carbocycles. The summed E-state index contributed by atoms with van der Waals surface area (Å²) in [6.45, 7) is 6.12. The second-order valence-corrected chi connectivity index (χ2v) is 5.46. The summed E-state index contributed by atoms with van der Waals surface area (Å²) in [4.78, 5) is 0. The lowest BCUT2D eigenvalue weighted by atomic mass is 9.87. The van der Waals surface area contributed by atoms with Crippen molar-refractivity contribution in [2.24, 2.45) is 7.05 Å². The molecule has 0 saturated carbocycles. The van der Waals surface area contributed by atoms with E-state index in [-0.39, 0.29) is 11.2 Å². The van der Waals surface area contributed by atoms with Crippen molar-refractivity contribution in [2.45, 2.75) is 26.2 Å². The van der Waals surface area contributed by atoms with Crippen LogP contribution in [0.5, 0.6) is 0 Å². The van der Waals surface area contributed by atoms with Gasteiger partial charge in [0.25, 0.3) is 0 Å². The highest BCUT2D eigenvalue weighted by molar-refractivity contribution is 5.78. The van der Waals surface area contributed by atoms with Gasteiger partial charge in [-0.25, -0.2) is 4.39 Å². The summed E-state index contributed by atoms with van der Waals surface area (Å²) in [6, 6.07) is 6.64. The molecule has 0 spiro atoms. The van der Waals surface area contributed by atoms with Crippen LogP contribution in [0.4, 0.5) is 10.2 Å². The van der Waals surface area contributed by atoms with E-state index in [4.69, 9.17) is 5.73 Å². The Morgan fingerprint density at radius 1 is 1.22 bits per heavy atom. The Morgan fingerprint density at radius 2 is 1.83 bits per heavy atom. The molecule has 0 saturated heterocycles. The van der Waals surface area contributed by atoms with Gasteiger partial charge in [0, 0.05) is 18.0 Å². The van der Waals surface area contributed by atoms with Gasteiger partial charge in [0.05, 0.1) is 11.3 Å². The fraction of sp³-hybridized carbons (Fsp3) is 0.357. The smallest absolute Gasteiger partial charge is 0.131 e. The lowest BCUT2D eigenvalue weighted by Gasteiger charge is -2.17. The summed E-state index contributed by atoms with van der Waals surface area (Å²) in [6.07, 6.45) is 0. The molecule has 3 nitrogen and oxygen atoms in total. The van der Waals surface area contributed by atoms with Crippen molar-refractivity contribution < 1.29 is 4.39 Å². The molecule has 0 bridgehead atoms. The first-order valence-electron chi connectivity index (χ1n) is 5.90. The molecule has 0 aliphatic carbocycles. The Labute approximate surface area is 106 Å². The van der Waals surface area contributed by atoms with Gasteiger partial charge in [-0.05, 0) is 6.07 Å². The summed E-state index contributed by atoms with van der Waals surface area (Å²) in [5.74, 6) is 0.215. The zero-order valence-corrected chi connectivity index (χ0v) is 11.2. The Kier molecular flexibility index (Phi) is 2.89. The normalized spacial score (nSPS) is 11.8. The summed E-state index contributed by atoms with van der Waals surface area (Å²) >= 11 is 0. The molecular weight excluding hydrogens is 229 g/mol. The zero-order chi connectivity index (χ0) is 13.5. The van der Waals surface area contributed by atoms with E-state index in [2.05, 4.69) is 5.10 Å². The summed E-state index contributed by atoms with van der Waals surface area (Å²) in [5.41, 5.74) is 7.86. The van der Waals surface area contributed by atoms with Gasteiger partial charge in [0.15, 0.2) is 0 Å². The highest BCUT2D eigenvalue weighted by Gasteiger charge is 2.26. The SMILES string of the molecule is Cn1nc(C(C)(C)C)c(-c2ccccc2F)c1N. The number of benzene rings is 1. The van der Waals surface area contributed by atoms with Crippen LogP contribution in [0.1, 0.15) is 26.5 Å². The molecule has 0 fully saturated rings. The van der Waals surface area contributed by atoms with Crippen LogP contribution in [-0.4, -0.2) is 9.78 Å². The van der Waals surface area contributed by atoms with Crippen LogP contribution in [0, 0.1) is 5.82 Å². The first-order chi connectivity index (χ1) is 8.32. The highest BCUT2D eigenvalue weighted by Crippen LogP contribution is 2.37. The van der Waals surface area contributed by atoms with Crippen LogP contribution in [-0.2, 0) is 12.5 Å². The predicted octanol–water partition coefficient (Wildman–Crippen LogP) is 3.11. The second-order valence-electron chi connectivity index (χ2n) is 5.46. The third-order valence-electron chi connectivity index (χ3n) is 2.95. The van der Waals surface area contributed by atoms with Crippen molar-refractivity contribution in [3.8, 4) is 11.1 Å². The molecule has 0 aliphatic heterocycles. The van der Waals surface area contributed by atoms with Crippen LogP contribution >= 0.6 is 0 Å². The van der Waals surface area contributed by atoms with Gasteiger partial charge in [-0.1, -0.05) is 39.0 Å². The van der Waals surface area contributed by atoms with E-state index in [0.717, 1.165) is 5.69 Å². The van der Waals surface area contributed by atoms with Gasteiger partial charge in [-0.2, -0.15) is 5.10 Å². The first-order valence-corrected chi connectivity index (χ1v) is 5.90. The van der Waals surface area contributed by atoms with Gasteiger partial charge in [0.2, 0.25) is 0 Å². The lowest BCUT2D eigenvalue weighted by molar-refractivity contribution is 0.554. The van der Waals surface area contributed by atoms with E-state index < -0.39 is 0 Å². The van der Waals surface area contributed by atoms with Gasteiger partial charge < -0.3 is 5.73 Å². The van der Waals surface area contributed by atoms with Crippen molar-refractivity contribution >= 4 is 5.82 Å². The number of halogens is 1. The first kappa shape index (κ1) is 12.6. The van der Waals surface area contributed by atoms with Crippen molar-refractivity contribution in [2.75, 3.05) is 5.73 Å². The topological polar surface area (TPSA) is 43.8 Å². The number of hydrogen-bond donors (Lipinski definition) is 1. The minimum atomic E-state index is -0.275. The van der Waals surface area contributed by atoms with E-state index in [1.54, 1.807) is 29.9 Å². The lowest BCUT2D eigenvalue weighted by Crippen LogP contribution is -2.14. The maximum Gasteiger partial charge on any atom is 0.131 e. The number of rotatable bonds is 1. The fourth-order valence-electron chi connectivity index (χ4n) is 1.99. The maximum absolute atomic E-state index is 13.9. The van der Waals surface area contributed by atoms with Crippen molar-refractivity contribution in [3.63, 3.8) is 0 Å². The van der Waals surface area contributed by atoms with Crippen molar-refractivity contribution in [1.82, 2.24) is 9.78 Å². The average Bonchev–Trinajstić information content (AvgIpc) is 2.57. The van der Waals surface area contributed by atoms with E-state index in [1.165, 1.54) is 6.07 Å². The van der Waals surface area contributed by atoms with Crippen LogP contribution in [0.3, 0.4) is 0 Å². The monoisotopic (exact) mass is 247 g/mol. The number of aryl methyl sites for hydroxylation is 1. The van der Waals surface area contributed by atoms with E-state index in [0.29, 0.717) is 16.9 Å². The molecule has 0 unspecified atom stereocenters. The summed E-state index contributed by atoms with van der Waals surface area (Å²) in [7, 11) is 1.77. The molecule has 18 heavy (non-hydrogen) atoms. The molecule has 2 N–H and O–H groups in total. The number of anilines is 1. The van der Waals surface area contributed by atoms with E-state index in [9.17, 15) is 4.39 Å². The maximum atomic E-state index is 13.9. The average molecular weight is 247 g/mol. The number of nitrogens with zero attached hydrogens (tertiary/aromatic N) is 2. The van der Waals surface area contributed by atoms with Gasteiger partial charge in [0.1, 0.15) is 11.6 Å². The Hall–Kier alpha value is -1.84. The molecule has 0 radical (unpaired) electrons. The molecular formula is C14H18FN3. The van der Waals surface area contributed by atoms with Crippen LogP contribution < -0.4 is 5.73 Å². The molecule has 1 aromatic heterocycles. The third kappa shape index (κ3) is 1.98. The number of hydrogen-bond acceptors (Lipinski definition) is 2. The third-order valence-corrected chi connectivity index (χ3v) is 2.95. The van der Waals surface area contributed by atoms with E-state index in [1.807, 2.05) is 20.8 Å². The molecule has 2 aromatic rings. The van der Waals surface area contributed by atoms with Gasteiger partial charge in [-0.15, -0.1) is 0 Å². The quantitative estimate of drug-likeness (QED) is 0.841. The summed E-state index contributed by atoms with van der Waals surface area (Å²) < 4.78 is 15.5. The summed E-state index contributed by atoms with van der Waals surface area (Å²) in [5, 5.41) is 4.42. The van der Waals surface area contributed by atoms with Crippen molar-refractivity contribution in [1.29, 1.82) is 0 Å². The number of nitrogen functional groups attached to an aromatic ring is 1. The van der Waals surface area contributed by atoms with Gasteiger partial charge in [-0.3, -0.25) is 4.68 Å². The molecule has 2 rings (SSSR count). The second kappa shape index (κ2) is 4.12. The minimum Gasteiger partial charge on any atom is -0.383 e. The fourth-order valence-corrected chi connectivity index (χ4v) is 1.99. The van der Waals surface area contributed by atoms with Crippen LogP contribution in [0.2, 0.25) is 0 Å². The Morgan fingerprint density at radius 3 is 2.39 bits per heavy atom. The molecule has 4 heteroatoms. The standard InChI is InChI=1S/C14H18FN3/c1-14(2,3)12-11(13(16)18(4)17-12)9-7-5-6-8-10(9)15/h5-8H,16H2,1-4H3. The molecule has 96 valence electrons. The Balaban J connectivity index is 2.75. The largest absolute Gasteiger partial charge is 0.383 e. The van der Waals surface area contributed by atoms with Crippen molar-refractivity contribution in [3.05, 3.63) is 35.8 Å².